The van der Waals surface area contributed by atoms with Crippen molar-refractivity contribution in [3.63, 3.8) is 0 Å². The molecule has 2 N–H and O–H groups in total. The van der Waals surface area contributed by atoms with Crippen molar-refractivity contribution in [3.8, 4) is 0 Å². The molecule has 1 aliphatic carbocycles. The van der Waals surface area contributed by atoms with Crippen LogP contribution in [0.1, 0.15) is 49.3 Å². The first-order valence-corrected chi connectivity index (χ1v) is 6.77. The average molecular weight is 223 g/mol. The highest BCUT2D eigenvalue weighted by Gasteiger charge is 2.49. The minimum Gasteiger partial charge on any atom is -0.327 e. The van der Waals surface area contributed by atoms with Gasteiger partial charge in [0.25, 0.3) is 0 Å². The van der Waals surface area contributed by atoms with Crippen molar-refractivity contribution >= 4 is 11.3 Å². The molecule has 0 aliphatic heterocycles. The third kappa shape index (κ3) is 1.64. The molecule has 0 saturated heterocycles. The number of aryl methyl sites for hydroxylation is 1. The fraction of sp³-hybridized carbons (Fsp3) is 0.692. The Labute approximate surface area is 96.7 Å². The number of thiophene rings is 1. The van der Waals surface area contributed by atoms with E-state index >= 15 is 0 Å². The maximum atomic E-state index is 6.14. The van der Waals surface area contributed by atoms with Gasteiger partial charge >= 0.3 is 0 Å². The maximum Gasteiger partial charge on any atom is 0.0105 e. The summed E-state index contributed by atoms with van der Waals surface area (Å²) >= 11 is 1.98. The van der Waals surface area contributed by atoms with Crippen LogP contribution in [-0.2, 0) is 6.42 Å². The molecule has 2 rings (SSSR count). The summed E-state index contributed by atoms with van der Waals surface area (Å²) in [5.41, 5.74) is 6.48. The van der Waals surface area contributed by atoms with Crippen molar-refractivity contribution in [1.29, 1.82) is 0 Å². The Morgan fingerprint density at radius 2 is 2.20 bits per heavy atom. The molecule has 2 heteroatoms. The van der Waals surface area contributed by atoms with E-state index in [4.69, 9.17) is 5.73 Å². The number of hydrogen-bond donors (Lipinski definition) is 1. The summed E-state index contributed by atoms with van der Waals surface area (Å²) in [6.07, 6.45) is 3.53. The van der Waals surface area contributed by atoms with Crippen molar-refractivity contribution in [2.24, 2.45) is 11.1 Å². The Morgan fingerprint density at radius 1 is 1.47 bits per heavy atom. The maximum absolute atomic E-state index is 6.14. The van der Waals surface area contributed by atoms with Gasteiger partial charge in [-0.05, 0) is 36.8 Å². The van der Waals surface area contributed by atoms with E-state index in [0.717, 1.165) is 6.42 Å². The predicted molar refractivity (Wildman–Crippen MR) is 67.4 cm³/mol. The van der Waals surface area contributed by atoms with Crippen molar-refractivity contribution in [3.05, 3.63) is 21.9 Å². The molecule has 0 amide bonds. The van der Waals surface area contributed by atoms with Crippen LogP contribution in [0, 0.1) is 5.41 Å². The Balaban J connectivity index is 2.19. The van der Waals surface area contributed by atoms with Gasteiger partial charge in [0.1, 0.15) is 0 Å². The summed E-state index contributed by atoms with van der Waals surface area (Å²) < 4.78 is 0. The van der Waals surface area contributed by atoms with Crippen LogP contribution in [0.4, 0.5) is 0 Å². The topological polar surface area (TPSA) is 26.0 Å². The summed E-state index contributed by atoms with van der Waals surface area (Å²) in [5, 5.41) is 0. The molecule has 1 nitrogen and oxygen atoms in total. The van der Waals surface area contributed by atoms with Crippen LogP contribution in [0.5, 0.6) is 0 Å². The SMILES string of the molecule is CCc1ccc(C2CC(N)C2(C)CC)s1. The van der Waals surface area contributed by atoms with Gasteiger partial charge in [0, 0.05) is 21.7 Å². The predicted octanol–water partition coefficient (Wildman–Crippen LogP) is 3.54. The van der Waals surface area contributed by atoms with Gasteiger partial charge < -0.3 is 5.73 Å². The highest BCUT2D eigenvalue weighted by atomic mass is 32.1. The summed E-state index contributed by atoms with van der Waals surface area (Å²) in [6.45, 7) is 6.83. The van der Waals surface area contributed by atoms with Crippen LogP contribution in [0.25, 0.3) is 0 Å². The standard InChI is InChI=1S/C13H21NS/c1-4-9-6-7-11(15-9)10-8-12(14)13(10,3)5-2/h6-7,10,12H,4-5,8,14H2,1-3H3. The van der Waals surface area contributed by atoms with E-state index in [0.29, 0.717) is 17.4 Å². The third-order valence-corrected chi connectivity index (χ3v) is 5.61. The first kappa shape index (κ1) is 11.2. The molecular formula is C13H21NS. The van der Waals surface area contributed by atoms with Crippen LogP contribution < -0.4 is 5.73 Å². The fourth-order valence-corrected chi connectivity index (χ4v) is 3.84. The van der Waals surface area contributed by atoms with Gasteiger partial charge in [0.15, 0.2) is 0 Å². The van der Waals surface area contributed by atoms with Gasteiger partial charge in [0.2, 0.25) is 0 Å². The normalized spacial score (nSPS) is 35.2. The molecule has 0 bridgehead atoms. The molecule has 1 aromatic heterocycles. The second-order valence-corrected chi connectivity index (χ2v) is 6.11. The molecule has 0 radical (unpaired) electrons. The van der Waals surface area contributed by atoms with E-state index in [1.165, 1.54) is 17.7 Å². The lowest BCUT2D eigenvalue weighted by molar-refractivity contribution is 0.0728. The van der Waals surface area contributed by atoms with E-state index < -0.39 is 0 Å². The van der Waals surface area contributed by atoms with Crippen LogP contribution in [-0.4, -0.2) is 6.04 Å². The minimum atomic E-state index is 0.343. The Hall–Kier alpha value is -0.340. The van der Waals surface area contributed by atoms with Crippen LogP contribution in [0.2, 0.25) is 0 Å². The van der Waals surface area contributed by atoms with E-state index in [1.807, 2.05) is 11.3 Å². The van der Waals surface area contributed by atoms with Crippen LogP contribution in [0.3, 0.4) is 0 Å². The lowest BCUT2D eigenvalue weighted by Gasteiger charge is -2.52. The van der Waals surface area contributed by atoms with Crippen LogP contribution in [0.15, 0.2) is 12.1 Å². The van der Waals surface area contributed by atoms with Crippen molar-refractivity contribution < 1.29 is 0 Å². The molecule has 15 heavy (non-hydrogen) atoms. The molecule has 0 aromatic carbocycles. The van der Waals surface area contributed by atoms with Gasteiger partial charge in [0.05, 0.1) is 0 Å². The smallest absolute Gasteiger partial charge is 0.0105 e. The zero-order chi connectivity index (χ0) is 11.1. The van der Waals surface area contributed by atoms with Gasteiger partial charge in [-0.1, -0.05) is 20.8 Å². The fourth-order valence-electron chi connectivity index (χ4n) is 2.61. The lowest BCUT2D eigenvalue weighted by atomic mass is 9.56. The number of nitrogens with two attached hydrogens (primary N) is 1. The molecule has 1 aromatic rings. The first-order valence-electron chi connectivity index (χ1n) is 5.96. The number of rotatable bonds is 3. The first-order chi connectivity index (χ1) is 7.11. The summed E-state index contributed by atoms with van der Waals surface area (Å²) in [6, 6.07) is 4.99. The zero-order valence-corrected chi connectivity index (χ0v) is 10.7. The highest BCUT2D eigenvalue weighted by Crippen LogP contribution is 2.55. The summed E-state index contributed by atoms with van der Waals surface area (Å²) in [4.78, 5) is 3.06. The second-order valence-electron chi connectivity index (χ2n) is 4.91. The van der Waals surface area contributed by atoms with E-state index in [9.17, 15) is 0 Å². The summed E-state index contributed by atoms with van der Waals surface area (Å²) in [5.74, 6) is 0.711. The van der Waals surface area contributed by atoms with Crippen molar-refractivity contribution in [2.75, 3.05) is 0 Å². The quantitative estimate of drug-likeness (QED) is 0.833. The summed E-state index contributed by atoms with van der Waals surface area (Å²) in [7, 11) is 0. The van der Waals surface area contributed by atoms with Gasteiger partial charge in [-0.15, -0.1) is 11.3 Å². The average Bonchev–Trinajstić information content (AvgIpc) is 2.72. The number of hydrogen-bond acceptors (Lipinski definition) is 2. The Kier molecular flexibility index (Phi) is 2.91. The Bertz CT molecular complexity index is 344. The molecule has 84 valence electrons. The van der Waals surface area contributed by atoms with Crippen molar-refractivity contribution in [2.45, 2.75) is 52.0 Å². The molecule has 3 atom stereocenters. The molecule has 1 heterocycles. The highest BCUT2D eigenvalue weighted by molar-refractivity contribution is 7.12. The lowest BCUT2D eigenvalue weighted by Crippen LogP contribution is -2.54. The molecule has 0 spiro atoms. The second kappa shape index (κ2) is 3.91. The largest absolute Gasteiger partial charge is 0.327 e. The molecule has 1 saturated carbocycles. The third-order valence-electron chi connectivity index (χ3n) is 4.27. The van der Waals surface area contributed by atoms with Gasteiger partial charge in [-0.2, -0.15) is 0 Å². The monoisotopic (exact) mass is 223 g/mol. The van der Waals surface area contributed by atoms with Gasteiger partial charge in [-0.25, -0.2) is 0 Å². The molecule has 3 unspecified atom stereocenters. The molecular weight excluding hydrogens is 202 g/mol. The molecule has 1 fully saturated rings. The van der Waals surface area contributed by atoms with E-state index in [1.54, 1.807) is 4.88 Å². The van der Waals surface area contributed by atoms with Crippen LogP contribution >= 0.6 is 11.3 Å². The minimum absolute atomic E-state index is 0.343. The Morgan fingerprint density at radius 3 is 2.67 bits per heavy atom. The van der Waals surface area contributed by atoms with Gasteiger partial charge in [-0.3, -0.25) is 0 Å². The van der Waals surface area contributed by atoms with Crippen molar-refractivity contribution in [1.82, 2.24) is 0 Å². The zero-order valence-electron chi connectivity index (χ0n) is 9.92. The van der Waals surface area contributed by atoms with E-state index in [-0.39, 0.29) is 0 Å². The molecule has 1 aliphatic rings. The van der Waals surface area contributed by atoms with E-state index in [2.05, 4.69) is 32.9 Å².